The molecule has 0 spiro atoms. The standard InChI is InChI=1S/C18H26N2O2S/c21-18(19-12-11-16-7-3-1-4-8-16)20-13-14-23(22)15-17-9-5-2-6-10-17/h2,5-7,9-10H,1,3-4,8,11-15H2,(H2,19,20,21). The third-order valence-corrected chi connectivity index (χ3v) is 5.22. The molecule has 1 aliphatic rings. The van der Waals surface area contributed by atoms with Gasteiger partial charge in [-0.15, -0.1) is 0 Å². The Balaban J connectivity index is 1.54. The predicted octanol–water partition coefficient (Wildman–Crippen LogP) is 3.13. The molecule has 0 aliphatic heterocycles. The Labute approximate surface area is 141 Å². The van der Waals surface area contributed by atoms with Crippen molar-refractivity contribution in [2.24, 2.45) is 0 Å². The first-order valence-corrected chi connectivity index (χ1v) is 9.81. The Morgan fingerprint density at radius 2 is 1.87 bits per heavy atom. The van der Waals surface area contributed by atoms with Crippen molar-refractivity contribution in [1.29, 1.82) is 0 Å². The highest BCUT2D eigenvalue weighted by atomic mass is 32.2. The molecule has 2 rings (SSSR count). The van der Waals surface area contributed by atoms with Crippen LogP contribution < -0.4 is 10.6 Å². The molecule has 0 heterocycles. The van der Waals surface area contributed by atoms with Gasteiger partial charge in [0.05, 0.1) is 0 Å². The zero-order valence-corrected chi connectivity index (χ0v) is 14.4. The highest BCUT2D eigenvalue weighted by molar-refractivity contribution is 7.84. The van der Waals surface area contributed by atoms with Crippen molar-refractivity contribution < 1.29 is 9.00 Å². The lowest BCUT2D eigenvalue weighted by molar-refractivity contribution is 0.241. The summed E-state index contributed by atoms with van der Waals surface area (Å²) in [4.78, 5) is 11.7. The van der Waals surface area contributed by atoms with Crippen molar-refractivity contribution in [2.75, 3.05) is 18.8 Å². The molecule has 0 aromatic heterocycles. The van der Waals surface area contributed by atoms with Crippen molar-refractivity contribution in [2.45, 2.75) is 37.9 Å². The van der Waals surface area contributed by atoms with Crippen molar-refractivity contribution >= 4 is 16.8 Å². The van der Waals surface area contributed by atoms with E-state index < -0.39 is 10.8 Å². The van der Waals surface area contributed by atoms with Crippen LogP contribution in [0.25, 0.3) is 0 Å². The van der Waals surface area contributed by atoms with Gasteiger partial charge in [-0.1, -0.05) is 42.0 Å². The molecule has 0 radical (unpaired) electrons. The molecule has 126 valence electrons. The normalized spacial score (nSPS) is 15.6. The predicted molar refractivity (Wildman–Crippen MR) is 95.7 cm³/mol. The molecule has 0 fully saturated rings. The Bertz CT molecular complexity index is 543. The van der Waals surface area contributed by atoms with Gasteiger partial charge in [0.1, 0.15) is 0 Å². The summed E-state index contributed by atoms with van der Waals surface area (Å²) < 4.78 is 11.9. The van der Waals surface area contributed by atoms with Crippen LogP contribution in [-0.4, -0.2) is 29.1 Å². The number of amides is 2. The molecule has 5 heteroatoms. The summed E-state index contributed by atoms with van der Waals surface area (Å²) in [5.41, 5.74) is 2.52. The zero-order chi connectivity index (χ0) is 16.3. The second kappa shape index (κ2) is 10.2. The molecular weight excluding hydrogens is 308 g/mol. The lowest BCUT2D eigenvalue weighted by Gasteiger charge is -2.13. The van der Waals surface area contributed by atoms with E-state index in [2.05, 4.69) is 16.7 Å². The van der Waals surface area contributed by atoms with Gasteiger partial charge in [0.2, 0.25) is 0 Å². The van der Waals surface area contributed by atoms with Crippen LogP contribution in [0.3, 0.4) is 0 Å². The molecule has 1 aromatic carbocycles. The maximum absolute atomic E-state index is 11.9. The number of rotatable bonds is 8. The number of hydrogen-bond donors (Lipinski definition) is 2. The van der Waals surface area contributed by atoms with E-state index in [1.165, 1.54) is 31.3 Å². The molecular formula is C18H26N2O2S. The minimum Gasteiger partial charge on any atom is -0.338 e. The van der Waals surface area contributed by atoms with Gasteiger partial charge in [-0.2, -0.15) is 0 Å². The molecule has 0 bridgehead atoms. The Kier molecular flexibility index (Phi) is 7.87. The minimum atomic E-state index is -0.949. The van der Waals surface area contributed by atoms with E-state index in [9.17, 15) is 9.00 Å². The highest BCUT2D eigenvalue weighted by Crippen LogP contribution is 2.19. The van der Waals surface area contributed by atoms with E-state index in [0.717, 1.165) is 12.0 Å². The first-order valence-electron chi connectivity index (χ1n) is 8.32. The average molecular weight is 334 g/mol. The number of carbonyl (C=O) groups is 1. The number of urea groups is 1. The monoisotopic (exact) mass is 334 g/mol. The SMILES string of the molecule is O=C(NCCC1=CCCCC1)NCCS(=O)Cc1ccccc1. The fourth-order valence-corrected chi connectivity index (χ4v) is 3.68. The number of carbonyl (C=O) groups excluding carboxylic acids is 1. The molecule has 0 saturated heterocycles. The average Bonchev–Trinajstić information content (AvgIpc) is 2.57. The summed E-state index contributed by atoms with van der Waals surface area (Å²) in [7, 11) is -0.949. The van der Waals surface area contributed by atoms with E-state index in [0.29, 0.717) is 24.6 Å². The Hall–Kier alpha value is -1.62. The first-order chi connectivity index (χ1) is 11.2. The van der Waals surface area contributed by atoms with Crippen molar-refractivity contribution in [3.8, 4) is 0 Å². The minimum absolute atomic E-state index is 0.168. The van der Waals surface area contributed by atoms with Gasteiger partial charge in [0.15, 0.2) is 0 Å². The number of allylic oxidation sites excluding steroid dienone is 1. The van der Waals surface area contributed by atoms with Gasteiger partial charge < -0.3 is 10.6 Å². The second-order valence-electron chi connectivity index (χ2n) is 5.81. The summed E-state index contributed by atoms with van der Waals surface area (Å²) in [6.07, 6.45) is 8.14. The first kappa shape index (κ1) is 17.7. The number of nitrogens with one attached hydrogen (secondary N) is 2. The van der Waals surface area contributed by atoms with Crippen molar-refractivity contribution in [1.82, 2.24) is 10.6 Å². The summed E-state index contributed by atoms with van der Waals surface area (Å²) in [6, 6.07) is 9.61. The van der Waals surface area contributed by atoms with Gasteiger partial charge in [-0.3, -0.25) is 4.21 Å². The second-order valence-corrected chi connectivity index (χ2v) is 7.39. The molecule has 1 unspecified atom stereocenters. The fourth-order valence-electron chi connectivity index (χ4n) is 2.64. The van der Waals surface area contributed by atoms with E-state index in [4.69, 9.17) is 0 Å². The fraction of sp³-hybridized carbons (Fsp3) is 0.500. The summed E-state index contributed by atoms with van der Waals surface area (Å²) in [5, 5.41) is 5.64. The van der Waals surface area contributed by atoms with E-state index in [-0.39, 0.29) is 6.03 Å². The van der Waals surface area contributed by atoms with E-state index in [1.54, 1.807) is 0 Å². The van der Waals surface area contributed by atoms with Crippen LogP contribution in [0.5, 0.6) is 0 Å². The van der Waals surface area contributed by atoms with Crippen LogP contribution in [-0.2, 0) is 16.6 Å². The van der Waals surface area contributed by atoms with Crippen LogP contribution in [0.2, 0.25) is 0 Å². The van der Waals surface area contributed by atoms with Gasteiger partial charge in [0.25, 0.3) is 0 Å². The third-order valence-electron chi connectivity index (χ3n) is 3.90. The Morgan fingerprint density at radius 3 is 2.61 bits per heavy atom. The van der Waals surface area contributed by atoms with E-state index in [1.807, 2.05) is 30.3 Å². The lowest BCUT2D eigenvalue weighted by atomic mass is 9.97. The van der Waals surface area contributed by atoms with Crippen LogP contribution in [0.1, 0.15) is 37.7 Å². The molecule has 0 saturated carbocycles. The Morgan fingerprint density at radius 1 is 1.09 bits per heavy atom. The maximum Gasteiger partial charge on any atom is 0.314 e. The summed E-state index contributed by atoms with van der Waals surface area (Å²) in [5.74, 6) is 1.02. The summed E-state index contributed by atoms with van der Waals surface area (Å²) in [6.45, 7) is 1.11. The topological polar surface area (TPSA) is 58.2 Å². The third kappa shape index (κ3) is 7.46. The van der Waals surface area contributed by atoms with Gasteiger partial charge in [-0.25, -0.2) is 4.79 Å². The molecule has 1 aromatic rings. The van der Waals surface area contributed by atoms with Crippen molar-refractivity contribution in [3.05, 3.63) is 47.5 Å². The molecule has 23 heavy (non-hydrogen) atoms. The quantitative estimate of drug-likeness (QED) is 0.718. The van der Waals surface area contributed by atoms with Crippen LogP contribution in [0.15, 0.2) is 42.0 Å². The number of hydrogen-bond acceptors (Lipinski definition) is 2. The van der Waals surface area contributed by atoms with Crippen LogP contribution >= 0.6 is 0 Å². The molecule has 1 aliphatic carbocycles. The zero-order valence-electron chi connectivity index (χ0n) is 13.6. The van der Waals surface area contributed by atoms with Crippen LogP contribution in [0, 0.1) is 0 Å². The maximum atomic E-state index is 11.9. The number of benzene rings is 1. The van der Waals surface area contributed by atoms with Crippen LogP contribution in [0.4, 0.5) is 4.79 Å². The summed E-state index contributed by atoms with van der Waals surface area (Å²) >= 11 is 0. The lowest BCUT2D eigenvalue weighted by Crippen LogP contribution is -2.38. The molecule has 4 nitrogen and oxygen atoms in total. The smallest absolute Gasteiger partial charge is 0.314 e. The van der Waals surface area contributed by atoms with Gasteiger partial charge in [-0.05, 0) is 37.7 Å². The highest BCUT2D eigenvalue weighted by Gasteiger charge is 2.06. The van der Waals surface area contributed by atoms with Gasteiger partial charge >= 0.3 is 6.03 Å². The van der Waals surface area contributed by atoms with Crippen molar-refractivity contribution in [3.63, 3.8) is 0 Å². The largest absolute Gasteiger partial charge is 0.338 e. The molecule has 2 N–H and O–H groups in total. The molecule has 1 atom stereocenters. The van der Waals surface area contributed by atoms with Gasteiger partial charge in [0, 0.05) is 35.4 Å². The molecule has 2 amide bonds. The van der Waals surface area contributed by atoms with E-state index >= 15 is 0 Å².